The van der Waals surface area contributed by atoms with Gasteiger partial charge in [-0.25, -0.2) is 0 Å². The van der Waals surface area contributed by atoms with Gasteiger partial charge < -0.3 is 9.84 Å². The molecule has 0 saturated heterocycles. The highest BCUT2D eigenvalue weighted by Crippen LogP contribution is 2.33. The zero-order chi connectivity index (χ0) is 13.8. The lowest BCUT2D eigenvalue weighted by Gasteiger charge is -2.28. The normalized spacial score (nSPS) is 12.7. The molecule has 1 unspecified atom stereocenters. The van der Waals surface area contributed by atoms with Crippen molar-refractivity contribution in [3.63, 3.8) is 0 Å². The highest BCUT2D eigenvalue weighted by molar-refractivity contribution is 9.10. The van der Waals surface area contributed by atoms with E-state index in [1.165, 1.54) is 0 Å². The van der Waals surface area contributed by atoms with Gasteiger partial charge in [0.2, 0.25) is 0 Å². The van der Waals surface area contributed by atoms with Crippen LogP contribution in [0, 0.1) is 0 Å². The molecular weight excluding hydrogens is 298 g/mol. The molecule has 0 aromatic heterocycles. The first kappa shape index (κ1) is 14.8. The van der Waals surface area contributed by atoms with E-state index in [1.54, 1.807) is 21.0 Å². The van der Waals surface area contributed by atoms with Gasteiger partial charge in [0.25, 0.3) is 0 Å². The molecule has 1 aromatic carbocycles. The molecule has 0 amide bonds. The van der Waals surface area contributed by atoms with Crippen molar-refractivity contribution in [3.8, 4) is 5.75 Å². The number of benzene rings is 1. The Bertz CT molecular complexity index is 465. The van der Waals surface area contributed by atoms with Gasteiger partial charge in [0.05, 0.1) is 17.2 Å². The van der Waals surface area contributed by atoms with Gasteiger partial charge in [-0.3, -0.25) is 0 Å². The predicted molar refractivity (Wildman–Crippen MR) is 73.7 cm³/mol. The molecule has 0 aliphatic rings. The van der Waals surface area contributed by atoms with Crippen LogP contribution in [0.1, 0.15) is 25.3 Å². The molecule has 5 nitrogen and oxygen atoms in total. The van der Waals surface area contributed by atoms with Crippen LogP contribution in [0.3, 0.4) is 0 Å². The minimum absolute atomic E-state index is 0.207. The summed E-state index contributed by atoms with van der Waals surface area (Å²) in [5.41, 5.74) is 8.33. The maximum atomic E-state index is 10.1. The first-order valence-electron chi connectivity index (χ1n) is 5.46. The van der Waals surface area contributed by atoms with Gasteiger partial charge in [0.1, 0.15) is 5.75 Å². The summed E-state index contributed by atoms with van der Waals surface area (Å²) in [6.07, 6.45) is 0. The van der Waals surface area contributed by atoms with Crippen LogP contribution in [0.25, 0.3) is 10.4 Å². The summed E-state index contributed by atoms with van der Waals surface area (Å²) in [6.45, 7) is 3.60. The van der Waals surface area contributed by atoms with Crippen molar-refractivity contribution in [2.75, 3.05) is 13.7 Å². The molecule has 0 saturated carbocycles. The van der Waals surface area contributed by atoms with Crippen molar-refractivity contribution < 1.29 is 9.84 Å². The third kappa shape index (κ3) is 3.63. The first-order valence-corrected chi connectivity index (χ1v) is 6.26. The van der Waals surface area contributed by atoms with Gasteiger partial charge in [-0.2, -0.15) is 0 Å². The number of ether oxygens (including phenoxy) is 1. The number of halogens is 1. The van der Waals surface area contributed by atoms with E-state index in [1.807, 2.05) is 18.2 Å². The number of hydrogen-bond donors (Lipinski definition) is 1. The zero-order valence-corrected chi connectivity index (χ0v) is 12.2. The first-order chi connectivity index (χ1) is 8.40. The monoisotopic (exact) mass is 313 g/mol. The lowest BCUT2D eigenvalue weighted by Crippen LogP contribution is -2.30. The van der Waals surface area contributed by atoms with E-state index in [0.29, 0.717) is 0 Å². The third-order valence-electron chi connectivity index (χ3n) is 2.76. The molecule has 98 valence electrons. The van der Waals surface area contributed by atoms with E-state index in [0.717, 1.165) is 15.8 Å². The molecule has 0 fully saturated rings. The quantitative estimate of drug-likeness (QED) is 0.512. The fourth-order valence-corrected chi connectivity index (χ4v) is 2.31. The molecule has 1 N–H and O–H groups in total. The SMILES string of the molecule is COc1ccc(C(CN=[N+]=[N-])C(C)(C)O)cc1Br. The molecule has 1 aromatic rings. The van der Waals surface area contributed by atoms with Crippen molar-refractivity contribution in [1.82, 2.24) is 0 Å². The van der Waals surface area contributed by atoms with Gasteiger partial charge in [-0.15, -0.1) is 0 Å². The van der Waals surface area contributed by atoms with Crippen LogP contribution in [0.4, 0.5) is 0 Å². The second-order valence-electron chi connectivity index (χ2n) is 4.51. The molecule has 0 radical (unpaired) electrons. The molecule has 1 rings (SSSR count). The Balaban J connectivity index is 3.13. The van der Waals surface area contributed by atoms with E-state index < -0.39 is 5.60 Å². The summed E-state index contributed by atoms with van der Waals surface area (Å²) in [5, 5.41) is 13.7. The molecular formula is C12H16BrN3O2. The van der Waals surface area contributed by atoms with E-state index in [4.69, 9.17) is 10.3 Å². The smallest absolute Gasteiger partial charge is 0.133 e. The Hall–Kier alpha value is -1.23. The lowest BCUT2D eigenvalue weighted by molar-refractivity contribution is 0.0525. The van der Waals surface area contributed by atoms with E-state index in [9.17, 15) is 5.11 Å². The maximum Gasteiger partial charge on any atom is 0.133 e. The van der Waals surface area contributed by atoms with Crippen LogP contribution in [-0.4, -0.2) is 24.4 Å². The zero-order valence-electron chi connectivity index (χ0n) is 10.6. The summed E-state index contributed by atoms with van der Waals surface area (Å²) < 4.78 is 5.96. The van der Waals surface area contributed by atoms with Crippen molar-refractivity contribution in [2.24, 2.45) is 5.11 Å². The molecule has 0 heterocycles. The van der Waals surface area contributed by atoms with Crippen LogP contribution >= 0.6 is 15.9 Å². The minimum atomic E-state index is -0.970. The Morgan fingerprint density at radius 3 is 2.67 bits per heavy atom. The largest absolute Gasteiger partial charge is 0.496 e. The number of hydrogen-bond acceptors (Lipinski definition) is 3. The molecule has 18 heavy (non-hydrogen) atoms. The average molecular weight is 314 g/mol. The predicted octanol–water partition coefficient (Wildman–Crippen LogP) is 3.62. The van der Waals surface area contributed by atoms with E-state index in [-0.39, 0.29) is 12.5 Å². The third-order valence-corrected chi connectivity index (χ3v) is 3.38. The van der Waals surface area contributed by atoms with Crippen molar-refractivity contribution in [3.05, 3.63) is 38.7 Å². The molecule has 0 aliphatic carbocycles. The van der Waals surface area contributed by atoms with Crippen molar-refractivity contribution in [2.45, 2.75) is 25.4 Å². The standard InChI is InChI=1S/C12H16BrN3O2/c1-12(2,17)9(7-15-16-14)8-4-5-11(18-3)10(13)6-8/h4-6,9,17H,7H2,1-3H3. The Morgan fingerprint density at radius 1 is 1.56 bits per heavy atom. The lowest BCUT2D eigenvalue weighted by atomic mass is 9.85. The summed E-state index contributed by atoms with van der Waals surface area (Å²) in [5.74, 6) is 0.452. The highest BCUT2D eigenvalue weighted by Gasteiger charge is 2.28. The second-order valence-corrected chi connectivity index (χ2v) is 5.37. The van der Waals surface area contributed by atoms with Crippen LogP contribution in [0.5, 0.6) is 5.75 Å². The molecule has 1 atom stereocenters. The highest BCUT2D eigenvalue weighted by atomic mass is 79.9. The average Bonchev–Trinajstić information content (AvgIpc) is 2.28. The van der Waals surface area contributed by atoms with Gasteiger partial charge in [-0.1, -0.05) is 11.2 Å². The van der Waals surface area contributed by atoms with Gasteiger partial charge >= 0.3 is 0 Å². The number of aliphatic hydroxyl groups is 1. The summed E-state index contributed by atoms with van der Waals surface area (Å²) in [4.78, 5) is 2.75. The van der Waals surface area contributed by atoms with Crippen LogP contribution in [-0.2, 0) is 0 Å². The van der Waals surface area contributed by atoms with Crippen molar-refractivity contribution >= 4 is 15.9 Å². The van der Waals surface area contributed by atoms with Gasteiger partial charge in [-0.05, 0) is 53.0 Å². The molecule has 6 heteroatoms. The maximum absolute atomic E-state index is 10.1. The molecule has 0 aliphatic heterocycles. The number of azide groups is 1. The minimum Gasteiger partial charge on any atom is -0.496 e. The number of nitrogens with zero attached hydrogens (tertiary/aromatic N) is 3. The summed E-state index contributed by atoms with van der Waals surface area (Å²) >= 11 is 3.40. The van der Waals surface area contributed by atoms with Crippen LogP contribution in [0.15, 0.2) is 27.8 Å². The number of methoxy groups -OCH3 is 1. The summed E-state index contributed by atoms with van der Waals surface area (Å²) in [6, 6.07) is 5.54. The van der Waals surface area contributed by atoms with Gasteiger partial charge in [0, 0.05) is 17.4 Å². The fourth-order valence-electron chi connectivity index (χ4n) is 1.75. The van der Waals surface area contributed by atoms with E-state index >= 15 is 0 Å². The van der Waals surface area contributed by atoms with Crippen molar-refractivity contribution in [1.29, 1.82) is 0 Å². The Kier molecular flexibility index (Phi) is 5.02. The molecule has 0 bridgehead atoms. The molecule has 0 spiro atoms. The second kappa shape index (κ2) is 6.09. The van der Waals surface area contributed by atoms with Gasteiger partial charge in [0.15, 0.2) is 0 Å². The van der Waals surface area contributed by atoms with Crippen LogP contribution in [0.2, 0.25) is 0 Å². The topological polar surface area (TPSA) is 78.2 Å². The Labute approximate surface area is 115 Å². The van der Waals surface area contributed by atoms with E-state index in [2.05, 4.69) is 26.0 Å². The van der Waals surface area contributed by atoms with Crippen LogP contribution < -0.4 is 4.74 Å². The number of rotatable bonds is 5. The Morgan fingerprint density at radius 2 is 2.22 bits per heavy atom. The summed E-state index contributed by atoms with van der Waals surface area (Å²) in [7, 11) is 1.59. The fraction of sp³-hybridized carbons (Fsp3) is 0.500.